The van der Waals surface area contributed by atoms with Gasteiger partial charge in [-0.3, -0.25) is 4.79 Å². The Hall–Kier alpha value is -1.28. The molecule has 0 unspecified atom stereocenters. The van der Waals surface area contributed by atoms with E-state index in [1.165, 1.54) is 17.8 Å². The number of hydrogen-bond acceptors (Lipinski definition) is 5. The lowest BCUT2D eigenvalue weighted by atomic mass is 10.2. The fraction of sp³-hybridized carbons (Fsp3) is 0.429. The number of halogens is 3. The molecule has 22 heavy (non-hydrogen) atoms. The maximum atomic E-state index is 12.7. The third-order valence-electron chi connectivity index (χ3n) is 2.81. The van der Waals surface area contributed by atoms with E-state index in [2.05, 4.69) is 4.98 Å². The van der Waals surface area contributed by atoms with Crippen LogP contribution in [0.15, 0.2) is 22.5 Å². The number of aromatic nitrogens is 1. The predicted molar refractivity (Wildman–Crippen MR) is 81.2 cm³/mol. The second kappa shape index (κ2) is 6.08. The Morgan fingerprint density at radius 1 is 1.36 bits per heavy atom. The number of thiazole rings is 1. The Morgan fingerprint density at radius 2 is 2.05 bits per heavy atom. The number of esters is 1. The third kappa shape index (κ3) is 3.73. The molecule has 8 heteroatoms. The molecule has 0 amide bonds. The van der Waals surface area contributed by atoms with E-state index < -0.39 is 16.5 Å². The van der Waals surface area contributed by atoms with Crippen LogP contribution >= 0.6 is 23.1 Å². The van der Waals surface area contributed by atoms with Gasteiger partial charge in [-0.25, -0.2) is 4.98 Å². The molecule has 0 fully saturated rings. The minimum Gasteiger partial charge on any atom is -0.465 e. The number of benzene rings is 1. The Kier molecular flexibility index (Phi) is 4.72. The van der Waals surface area contributed by atoms with Crippen LogP contribution < -0.4 is 0 Å². The van der Waals surface area contributed by atoms with E-state index in [9.17, 15) is 18.0 Å². The standard InChI is InChI=1S/C14H14F3NO2S2/c1-4-20-11(19)13(2,3)22-12-18-9-6-5-8(14(15,16)17)7-10(9)21-12/h5-7H,4H2,1-3H3. The van der Waals surface area contributed by atoms with Gasteiger partial charge in [0.25, 0.3) is 0 Å². The van der Waals surface area contributed by atoms with Crippen LogP contribution in [0.2, 0.25) is 0 Å². The molecular formula is C14H14F3NO2S2. The van der Waals surface area contributed by atoms with Crippen LogP contribution in [0.5, 0.6) is 0 Å². The maximum absolute atomic E-state index is 12.7. The van der Waals surface area contributed by atoms with Gasteiger partial charge in [-0.2, -0.15) is 13.2 Å². The highest BCUT2D eigenvalue weighted by Crippen LogP contribution is 2.39. The van der Waals surface area contributed by atoms with Gasteiger partial charge >= 0.3 is 12.1 Å². The molecule has 1 aromatic heterocycles. The van der Waals surface area contributed by atoms with E-state index in [0.717, 1.165) is 23.5 Å². The molecule has 3 nitrogen and oxygen atoms in total. The van der Waals surface area contributed by atoms with Crippen LogP contribution in [0.1, 0.15) is 26.3 Å². The number of carbonyl (C=O) groups excluding carboxylic acids is 1. The number of thioether (sulfide) groups is 1. The lowest BCUT2D eigenvalue weighted by Crippen LogP contribution is -2.29. The second-order valence-corrected chi connectivity index (χ2v) is 7.89. The molecule has 1 heterocycles. The zero-order valence-corrected chi connectivity index (χ0v) is 13.8. The van der Waals surface area contributed by atoms with E-state index >= 15 is 0 Å². The van der Waals surface area contributed by atoms with E-state index in [1.54, 1.807) is 20.8 Å². The highest BCUT2D eigenvalue weighted by molar-refractivity contribution is 8.03. The van der Waals surface area contributed by atoms with Crippen LogP contribution in [0.25, 0.3) is 10.2 Å². The molecule has 0 atom stereocenters. The zero-order chi connectivity index (χ0) is 16.5. The first-order valence-corrected chi connectivity index (χ1v) is 8.11. The summed E-state index contributed by atoms with van der Waals surface area (Å²) < 4.78 is 43.2. The highest BCUT2D eigenvalue weighted by Gasteiger charge is 2.33. The van der Waals surface area contributed by atoms with Crippen LogP contribution in [-0.2, 0) is 15.7 Å². The minimum atomic E-state index is -4.38. The van der Waals surface area contributed by atoms with Gasteiger partial charge in [0.15, 0.2) is 4.34 Å². The average Bonchev–Trinajstić information content (AvgIpc) is 2.78. The summed E-state index contributed by atoms with van der Waals surface area (Å²) in [6.45, 7) is 5.39. The van der Waals surface area contributed by atoms with Crippen molar-refractivity contribution in [2.24, 2.45) is 0 Å². The van der Waals surface area contributed by atoms with Gasteiger partial charge in [-0.1, -0.05) is 11.8 Å². The number of alkyl halides is 3. The Bertz CT molecular complexity index is 695. The quantitative estimate of drug-likeness (QED) is 0.590. The van der Waals surface area contributed by atoms with Gasteiger partial charge in [0.2, 0.25) is 0 Å². The SMILES string of the molecule is CCOC(=O)C(C)(C)Sc1nc2ccc(C(F)(F)F)cc2s1. The normalized spacial score (nSPS) is 12.6. The van der Waals surface area contributed by atoms with Crippen molar-refractivity contribution in [2.45, 2.75) is 36.0 Å². The molecular weight excluding hydrogens is 335 g/mol. The summed E-state index contributed by atoms with van der Waals surface area (Å²) in [4.78, 5) is 16.1. The molecule has 0 aliphatic rings. The highest BCUT2D eigenvalue weighted by atomic mass is 32.2. The molecule has 0 aliphatic carbocycles. The first kappa shape index (κ1) is 17.1. The molecule has 120 valence electrons. The number of fused-ring (bicyclic) bond motifs is 1. The molecule has 0 N–H and O–H groups in total. The van der Waals surface area contributed by atoms with Gasteiger partial charge in [0.05, 0.1) is 22.4 Å². The second-order valence-electron chi connectivity index (χ2n) is 4.99. The lowest BCUT2D eigenvalue weighted by molar-refractivity contribution is -0.145. The fourth-order valence-electron chi connectivity index (χ4n) is 1.69. The maximum Gasteiger partial charge on any atom is 0.416 e. The Labute approximate surface area is 133 Å². The third-order valence-corrected chi connectivity index (χ3v) is 5.06. The van der Waals surface area contributed by atoms with Crippen molar-refractivity contribution < 1.29 is 22.7 Å². The number of ether oxygens (including phenoxy) is 1. The van der Waals surface area contributed by atoms with Crippen molar-refractivity contribution in [1.29, 1.82) is 0 Å². The van der Waals surface area contributed by atoms with Gasteiger partial charge in [0, 0.05) is 0 Å². The van der Waals surface area contributed by atoms with Crippen molar-refractivity contribution in [3.05, 3.63) is 23.8 Å². The smallest absolute Gasteiger partial charge is 0.416 e. The van der Waals surface area contributed by atoms with E-state index in [0.29, 0.717) is 14.6 Å². The molecule has 2 rings (SSSR count). The molecule has 1 aromatic carbocycles. The predicted octanol–water partition coefficient (Wildman–Crippen LogP) is 4.75. The molecule has 0 spiro atoms. The van der Waals surface area contributed by atoms with E-state index in [1.807, 2.05) is 0 Å². The van der Waals surface area contributed by atoms with Crippen molar-refractivity contribution in [3.8, 4) is 0 Å². The van der Waals surface area contributed by atoms with Crippen molar-refractivity contribution in [1.82, 2.24) is 4.98 Å². The van der Waals surface area contributed by atoms with Crippen LogP contribution in [-0.4, -0.2) is 22.3 Å². The van der Waals surface area contributed by atoms with Crippen LogP contribution in [0, 0.1) is 0 Å². The van der Waals surface area contributed by atoms with Gasteiger partial charge < -0.3 is 4.74 Å². The Balaban J connectivity index is 2.28. The molecule has 2 aromatic rings. The first-order chi connectivity index (χ1) is 10.1. The van der Waals surface area contributed by atoms with Crippen LogP contribution in [0.3, 0.4) is 0 Å². The summed E-state index contributed by atoms with van der Waals surface area (Å²) in [6, 6.07) is 3.43. The molecule has 0 saturated carbocycles. The molecule has 0 bridgehead atoms. The number of carbonyl (C=O) groups is 1. The largest absolute Gasteiger partial charge is 0.465 e. The summed E-state index contributed by atoms with van der Waals surface area (Å²) >= 11 is 2.32. The molecule has 0 aliphatic heterocycles. The van der Waals surface area contributed by atoms with E-state index in [4.69, 9.17) is 4.74 Å². The van der Waals surface area contributed by atoms with E-state index in [-0.39, 0.29) is 12.6 Å². The summed E-state index contributed by atoms with van der Waals surface area (Å²) in [6.07, 6.45) is -4.38. The summed E-state index contributed by atoms with van der Waals surface area (Å²) in [7, 11) is 0. The number of nitrogens with zero attached hydrogens (tertiary/aromatic N) is 1. The first-order valence-electron chi connectivity index (χ1n) is 6.47. The van der Waals surface area contributed by atoms with Gasteiger partial charge in [0.1, 0.15) is 4.75 Å². The van der Waals surface area contributed by atoms with Crippen molar-refractivity contribution in [3.63, 3.8) is 0 Å². The Morgan fingerprint density at radius 3 is 2.64 bits per heavy atom. The van der Waals surface area contributed by atoms with Crippen molar-refractivity contribution in [2.75, 3.05) is 6.61 Å². The van der Waals surface area contributed by atoms with Crippen LogP contribution in [0.4, 0.5) is 13.2 Å². The van der Waals surface area contributed by atoms with Gasteiger partial charge in [-0.05, 0) is 39.0 Å². The fourth-order valence-corrected chi connectivity index (χ4v) is 4.21. The topological polar surface area (TPSA) is 39.2 Å². The number of rotatable bonds is 4. The summed E-state index contributed by atoms with van der Waals surface area (Å²) in [5.74, 6) is -0.379. The minimum absolute atomic E-state index is 0.275. The van der Waals surface area contributed by atoms with Crippen molar-refractivity contribution >= 4 is 39.3 Å². The zero-order valence-electron chi connectivity index (χ0n) is 12.2. The summed E-state index contributed by atoms with van der Waals surface area (Å²) in [5.41, 5.74) is -0.218. The average molecular weight is 349 g/mol. The lowest BCUT2D eigenvalue weighted by Gasteiger charge is -2.19. The monoisotopic (exact) mass is 349 g/mol. The summed E-state index contributed by atoms with van der Waals surface area (Å²) in [5, 5.41) is 0. The molecule has 0 saturated heterocycles. The number of hydrogen-bond donors (Lipinski definition) is 0. The van der Waals surface area contributed by atoms with Gasteiger partial charge in [-0.15, -0.1) is 11.3 Å². The molecule has 0 radical (unpaired) electrons.